The summed E-state index contributed by atoms with van der Waals surface area (Å²) in [5.74, 6) is 0. The molecule has 3 nitrogen and oxygen atoms in total. The molecule has 0 radical (unpaired) electrons. The Morgan fingerprint density at radius 3 is 1.56 bits per heavy atom. The fraction of sp³-hybridized carbons (Fsp3) is 0. The normalized spacial score (nSPS) is 9.50. The van der Waals surface area contributed by atoms with E-state index in [1.807, 2.05) is 60.7 Å². The van der Waals surface area contributed by atoms with Gasteiger partial charge in [-0.3, -0.25) is 0 Å². The first-order valence-corrected chi connectivity index (χ1v) is 4.97. The van der Waals surface area contributed by atoms with Gasteiger partial charge >= 0.3 is 0 Å². The van der Waals surface area contributed by atoms with Gasteiger partial charge in [0, 0.05) is 11.1 Å². The summed E-state index contributed by atoms with van der Waals surface area (Å²) in [5.41, 5.74) is 9.51. The monoisotopic (exact) mass is 209 g/mol. The first kappa shape index (κ1) is 10.2. The highest BCUT2D eigenvalue weighted by Gasteiger charge is 2.05. The molecule has 3 heteroatoms. The van der Waals surface area contributed by atoms with E-state index in [9.17, 15) is 0 Å². The highest BCUT2D eigenvalue weighted by atomic mass is 15.3. The van der Waals surface area contributed by atoms with Crippen LogP contribution in [0.5, 0.6) is 0 Å². The van der Waals surface area contributed by atoms with Gasteiger partial charge < -0.3 is 0 Å². The maximum absolute atomic E-state index is 6.87. The molecule has 0 spiro atoms. The van der Waals surface area contributed by atoms with Crippen LogP contribution in [-0.2, 0) is 0 Å². The van der Waals surface area contributed by atoms with Crippen LogP contribution in [0.4, 0.5) is 0 Å². The van der Waals surface area contributed by atoms with Crippen molar-refractivity contribution in [2.24, 2.45) is 10.3 Å². The predicted molar refractivity (Wildman–Crippen MR) is 63.7 cm³/mol. The summed E-state index contributed by atoms with van der Waals surface area (Å²) in [4.78, 5) is 0. The summed E-state index contributed by atoms with van der Waals surface area (Å²) in [6.07, 6.45) is 0. The zero-order valence-corrected chi connectivity index (χ0v) is 8.67. The van der Waals surface area contributed by atoms with E-state index < -0.39 is 0 Å². The molecular weight excluding hydrogens is 198 g/mol. The quantitative estimate of drug-likeness (QED) is 0.457. The van der Waals surface area contributed by atoms with E-state index in [0.717, 1.165) is 16.8 Å². The third-order valence-corrected chi connectivity index (χ3v) is 2.24. The van der Waals surface area contributed by atoms with E-state index in [-0.39, 0.29) is 0 Å². The maximum Gasteiger partial charge on any atom is 0.102 e. The molecule has 0 atom stereocenters. The van der Waals surface area contributed by atoms with Gasteiger partial charge in [-0.05, 0) is 0 Å². The molecule has 2 aromatic carbocycles. The van der Waals surface area contributed by atoms with Crippen LogP contribution in [0.1, 0.15) is 11.1 Å². The van der Waals surface area contributed by atoms with E-state index in [1.54, 1.807) is 0 Å². The number of hydrogen-bond donors (Lipinski definition) is 1. The number of benzene rings is 2. The maximum atomic E-state index is 6.87. The molecule has 0 heterocycles. The Balaban J connectivity index is 2.48. The minimum Gasteiger partial charge on any atom is -0.185 e. The lowest BCUT2D eigenvalue weighted by molar-refractivity contribution is 0.990. The molecule has 1 N–H and O–H groups in total. The van der Waals surface area contributed by atoms with Crippen molar-refractivity contribution in [3.05, 3.63) is 71.8 Å². The van der Waals surface area contributed by atoms with Crippen LogP contribution in [0.25, 0.3) is 0 Å². The van der Waals surface area contributed by atoms with Crippen molar-refractivity contribution in [2.75, 3.05) is 0 Å². The van der Waals surface area contributed by atoms with Crippen molar-refractivity contribution in [2.45, 2.75) is 0 Å². The molecule has 0 fully saturated rings. The van der Waals surface area contributed by atoms with Crippen LogP contribution in [0.2, 0.25) is 0 Å². The van der Waals surface area contributed by atoms with Gasteiger partial charge in [0.1, 0.15) is 5.71 Å². The summed E-state index contributed by atoms with van der Waals surface area (Å²) < 4.78 is 0. The smallest absolute Gasteiger partial charge is 0.102 e. The van der Waals surface area contributed by atoms with Crippen molar-refractivity contribution < 1.29 is 0 Å². The van der Waals surface area contributed by atoms with Crippen molar-refractivity contribution in [3.8, 4) is 0 Å². The van der Waals surface area contributed by atoms with Crippen molar-refractivity contribution >= 4 is 5.71 Å². The summed E-state index contributed by atoms with van der Waals surface area (Å²) in [6, 6.07) is 19.5. The molecule has 0 aliphatic rings. The molecular formula is C13H11N3. The standard InChI is InChI=1S/C13H11N3/c14-16-15-13(11-7-3-1-4-8-11)12-9-5-2-6-10-12/h1-10,14H. The largest absolute Gasteiger partial charge is 0.185 e. The van der Waals surface area contributed by atoms with Crippen LogP contribution in [0.15, 0.2) is 71.0 Å². The molecule has 0 unspecified atom stereocenters. The first-order chi connectivity index (χ1) is 7.92. The van der Waals surface area contributed by atoms with E-state index in [4.69, 9.17) is 5.53 Å². The number of nitrogens with one attached hydrogen (secondary N) is 1. The van der Waals surface area contributed by atoms with Gasteiger partial charge in [0.25, 0.3) is 0 Å². The van der Waals surface area contributed by atoms with E-state index in [2.05, 4.69) is 10.3 Å². The summed E-state index contributed by atoms with van der Waals surface area (Å²) in [6.45, 7) is 0. The number of rotatable bonds is 3. The van der Waals surface area contributed by atoms with Gasteiger partial charge in [-0.15, -0.1) is 5.10 Å². The number of nitrogens with zero attached hydrogens (tertiary/aromatic N) is 2. The topological polar surface area (TPSA) is 48.6 Å². The molecule has 78 valence electrons. The molecule has 0 bridgehead atoms. The van der Waals surface area contributed by atoms with Crippen LogP contribution in [-0.4, -0.2) is 5.71 Å². The van der Waals surface area contributed by atoms with Gasteiger partial charge in [0.2, 0.25) is 0 Å². The molecule has 16 heavy (non-hydrogen) atoms. The molecule has 2 rings (SSSR count). The molecule has 2 aromatic rings. The fourth-order valence-electron chi connectivity index (χ4n) is 1.52. The van der Waals surface area contributed by atoms with Crippen LogP contribution >= 0.6 is 0 Å². The number of hydrogen-bond acceptors (Lipinski definition) is 2. The lowest BCUT2D eigenvalue weighted by Gasteiger charge is -2.04. The minimum atomic E-state index is 0.719. The molecule has 0 aliphatic heterocycles. The highest BCUT2D eigenvalue weighted by Crippen LogP contribution is 2.10. The zero-order valence-electron chi connectivity index (χ0n) is 8.67. The van der Waals surface area contributed by atoms with Crippen LogP contribution in [0.3, 0.4) is 0 Å². The lowest BCUT2D eigenvalue weighted by Crippen LogP contribution is -2.01. The zero-order chi connectivity index (χ0) is 11.2. The SMILES string of the molecule is N=NN=C(c1ccccc1)c1ccccc1. The van der Waals surface area contributed by atoms with Gasteiger partial charge in [0.15, 0.2) is 0 Å². The van der Waals surface area contributed by atoms with Crippen LogP contribution in [0, 0.1) is 5.53 Å². The van der Waals surface area contributed by atoms with Crippen LogP contribution < -0.4 is 0 Å². The Bertz CT molecular complexity index is 448. The third-order valence-electron chi connectivity index (χ3n) is 2.24. The van der Waals surface area contributed by atoms with Crippen molar-refractivity contribution in [1.29, 1.82) is 5.53 Å². The second-order valence-corrected chi connectivity index (χ2v) is 3.28. The molecule has 0 aromatic heterocycles. The fourth-order valence-corrected chi connectivity index (χ4v) is 1.52. The molecule has 0 aliphatic carbocycles. The van der Waals surface area contributed by atoms with E-state index >= 15 is 0 Å². The summed E-state index contributed by atoms with van der Waals surface area (Å²) in [5, 5.41) is 7.00. The summed E-state index contributed by atoms with van der Waals surface area (Å²) >= 11 is 0. The average Bonchev–Trinajstić information content (AvgIpc) is 2.38. The van der Waals surface area contributed by atoms with Gasteiger partial charge in [-0.1, -0.05) is 65.9 Å². The molecule has 0 amide bonds. The van der Waals surface area contributed by atoms with E-state index in [0.29, 0.717) is 0 Å². The Morgan fingerprint density at radius 2 is 1.19 bits per heavy atom. The minimum absolute atomic E-state index is 0.719. The second kappa shape index (κ2) is 4.98. The Morgan fingerprint density at radius 1 is 0.750 bits per heavy atom. The van der Waals surface area contributed by atoms with E-state index in [1.165, 1.54) is 0 Å². The highest BCUT2D eigenvalue weighted by molar-refractivity contribution is 6.12. The van der Waals surface area contributed by atoms with Crippen molar-refractivity contribution in [3.63, 3.8) is 0 Å². The Hall–Kier alpha value is -2.29. The Labute approximate surface area is 94.0 Å². The van der Waals surface area contributed by atoms with Gasteiger partial charge in [-0.25, -0.2) is 0 Å². The average molecular weight is 209 g/mol. The predicted octanol–water partition coefficient (Wildman–Crippen LogP) is 3.47. The molecule has 0 saturated carbocycles. The summed E-state index contributed by atoms with van der Waals surface area (Å²) in [7, 11) is 0. The second-order valence-electron chi connectivity index (χ2n) is 3.28. The van der Waals surface area contributed by atoms with Gasteiger partial charge in [-0.2, -0.15) is 5.53 Å². The van der Waals surface area contributed by atoms with Gasteiger partial charge in [0.05, 0.1) is 0 Å². The molecule has 0 saturated heterocycles. The first-order valence-electron chi connectivity index (χ1n) is 4.97. The Kier molecular flexibility index (Phi) is 3.18. The van der Waals surface area contributed by atoms with Crippen molar-refractivity contribution in [1.82, 2.24) is 0 Å². The third kappa shape index (κ3) is 2.20. The lowest BCUT2D eigenvalue weighted by atomic mass is 10.0.